The maximum Gasteiger partial charge on any atom is 0.124 e. The molecule has 0 bridgehead atoms. The van der Waals surface area contributed by atoms with Gasteiger partial charge in [-0.15, -0.1) is 0 Å². The fraction of sp³-hybridized carbons (Fsp3) is 0.462. The standard InChI is InChI=1S/C13H16FIN2O/c1-17-6-4-9(5-7-17)13(16-18)11-3-2-10(14)8-12(11)15/h2-3,8-9,18H,4-7H2,1H3/b16-13-. The highest BCUT2D eigenvalue weighted by Gasteiger charge is 2.24. The second kappa shape index (κ2) is 5.97. The summed E-state index contributed by atoms with van der Waals surface area (Å²) in [6.07, 6.45) is 1.95. The first kappa shape index (κ1) is 13.7. The highest BCUT2D eigenvalue weighted by molar-refractivity contribution is 14.1. The lowest BCUT2D eigenvalue weighted by Crippen LogP contribution is -2.34. The van der Waals surface area contributed by atoms with Crippen LogP contribution in [0.4, 0.5) is 4.39 Å². The van der Waals surface area contributed by atoms with Crippen molar-refractivity contribution in [3.63, 3.8) is 0 Å². The average molecular weight is 362 g/mol. The van der Waals surface area contributed by atoms with Gasteiger partial charge in [-0.1, -0.05) is 5.16 Å². The summed E-state index contributed by atoms with van der Waals surface area (Å²) in [6.45, 7) is 2.00. The Balaban J connectivity index is 2.23. The van der Waals surface area contributed by atoms with E-state index < -0.39 is 0 Å². The van der Waals surface area contributed by atoms with E-state index in [1.54, 1.807) is 6.07 Å². The van der Waals surface area contributed by atoms with Crippen molar-refractivity contribution in [3.8, 4) is 0 Å². The lowest BCUT2D eigenvalue weighted by Gasteiger charge is -2.29. The quantitative estimate of drug-likeness (QED) is 0.380. The van der Waals surface area contributed by atoms with E-state index in [9.17, 15) is 9.60 Å². The summed E-state index contributed by atoms with van der Waals surface area (Å²) >= 11 is 2.08. The molecule has 1 aliphatic heterocycles. The maximum absolute atomic E-state index is 13.1. The minimum absolute atomic E-state index is 0.255. The monoisotopic (exact) mass is 362 g/mol. The molecule has 3 nitrogen and oxygen atoms in total. The molecule has 0 atom stereocenters. The fourth-order valence-electron chi connectivity index (χ4n) is 2.33. The number of benzene rings is 1. The van der Waals surface area contributed by atoms with Crippen LogP contribution in [0.15, 0.2) is 23.4 Å². The molecular formula is C13H16FIN2O. The summed E-state index contributed by atoms with van der Waals surface area (Å²) in [7, 11) is 2.09. The lowest BCUT2D eigenvalue weighted by molar-refractivity contribution is 0.246. The van der Waals surface area contributed by atoms with Crippen LogP contribution in [-0.4, -0.2) is 36.0 Å². The molecule has 0 spiro atoms. The second-order valence-corrected chi connectivity index (χ2v) is 5.85. The minimum Gasteiger partial charge on any atom is -0.411 e. The van der Waals surface area contributed by atoms with Gasteiger partial charge in [0.05, 0.1) is 5.71 Å². The molecule has 1 heterocycles. The number of hydrogen-bond donors (Lipinski definition) is 1. The SMILES string of the molecule is CN1CCC(/C(=N/O)c2ccc(F)cc2I)CC1. The zero-order chi connectivity index (χ0) is 13.1. The van der Waals surface area contributed by atoms with Crippen molar-refractivity contribution in [2.75, 3.05) is 20.1 Å². The molecule has 0 amide bonds. The van der Waals surface area contributed by atoms with E-state index >= 15 is 0 Å². The first-order valence-corrected chi connectivity index (χ1v) is 7.05. The van der Waals surface area contributed by atoms with Crippen molar-refractivity contribution >= 4 is 28.3 Å². The molecule has 18 heavy (non-hydrogen) atoms. The molecule has 0 unspecified atom stereocenters. The summed E-state index contributed by atoms with van der Waals surface area (Å²) in [4.78, 5) is 2.27. The van der Waals surface area contributed by atoms with Crippen molar-refractivity contribution in [1.29, 1.82) is 0 Å². The molecule has 2 rings (SSSR count). The molecule has 1 saturated heterocycles. The summed E-state index contributed by atoms with van der Waals surface area (Å²) in [5, 5.41) is 12.7. The minimum atomic E-state index is -0.260. The van der Waals surface area contributed by atoms with E-state index in [0.717, 1.165) is 35.1 Å². The van der Waals surface area contributed by atoms with Crippen LogP contribution in [0, 0.1) is 15.3 Å². The number of halogens is 2. The molecule has 1 aliphatic rings. The van der Waals surface area contributed by atoms with Crippen molar-refractivity contribution in [2.45, 2.75) is 12.8 Å². The molecule has 98 valence electrons. The van der Waals surface area contributed by atoms with Crippen LogP contribution in [0.25, 0.3) is 0 Å². The van der Waals surface area contributed by atoms with Gasteiger partial charge in [-0.25, -0.2) is 4.39 Å². The zero-order valence-electron chi connectivity index (χ0n) is 10.2. The van der Waals surface area contributed by atoms with Gasteiger partial charge in [-0.3, -0.25) is 0 Å². The summed E-state index contributed by atoms with van der Waals surface area (Å²) < 4.78 is 13.9. The van der Waals surface area contributed by atoms with Gasteiger partial charge in [-0.05, 0) is 73.8 Å². The highest BCUT2D eigenvalue weighted by atomic mass is 127. The van der Waals surface area contributed by atoms with Crippen molar-refractivity contribution in [3.05, 3.63) is 33.1 Å². The first-order valence-electron chi connectivity index (χ1n) is 5.97. The molecule has 0 radical (unpaired) electrons. The number of hydrogen-bond acceptors (Lipinski definition) is 3. The second-order valence-electron chi connectivity index (χ2n) is 4.69. The maximum atomic E-state index is 13.1. The molecule has 5 heteroatoms. The third-order valence-corrected chi connectivity index (χ3v) is 4.31. The van der Waals surface area contributed by atoms with E-state index in [1.165, 1.54) is 12.1 Å². The third kappa shape index (κ3) is 3.00. The lowest BCUT2D eigenvalue weighted by atomic mass is 9.88. The van der Waals surface area contributed by atoms with Gasteiger partial charge < -0.3 is 10.1 Å². The zero-order valence-corrected chi connectivity index (χ0v) is 12.4. The molecule has 1 fully saturated rings. The Morgan fingerprint density at radius 1 is 1.44 bits per heavy atom. The number of piperidine rings is 1. The van der Waals surface area contributed by atoms with Crippen LogP contribution >= 0.6 is 22.6 Å². The van der Waals surface area contributed by atoms with Gasteiger partial charge in [0.1, 0.15) is 5.82 Å². The van der Waals surface area contributed by atoms with Gasteiger partial charge in [-0.2, -0.15) is 0 Å². The van der Waals surface area contributed by atoms with Gasteiger partial charge in [0.25, 0.3) is 0 Å². The van der Waals surface area contributed by atoms with Crippen LogP contribution in [0.5, 0.6) is 0 Å². The molecule has 1 aromatic carbocycles. The van der Waals surface area contributed by atoms with Crippen LogP contribution < -0.4 is 0 Å². The Kier molecular flexibility index (Phi) is 4.55. The fourth-order valence-corrected chi connectivity index (χ4v) is 3.09. The molecule has 0 saturated carbocycles. The summed E-state index contributed by atoms with van der Waals surface area (Å²) in [5.74, 6) is -0.00556. The van der Waals surface area contributed by atoms with Gasteiger partial charge in [0.2, 0.25) is 0 Å². The summed E-state index contributed by atoms with van der Waals surface area (Å²) in [5.41, 5.74) is 1.53. The van der Waals surface area contributed by atoms with Crippen LogP contribution in [-0.2, 0) is 0 Å². The van der Waals surface area contributed by atoms with Gasteiger partial charge >= 0.3 is 0 Å². The predicted molar refractivity (Wildman–Crippen MR) is 77.7 cm³/mol. The van der Waals surface area contributed by atoms with Crippen LogP contribution in [0.3, 0.4) is 0 Å². The number of oxime groups is 1. The van der Waals surface area contributed by atoms with Crippen molar-refractivity contribution in [2.24, 2.45) is 11.1 Å². The Bertz CT molecular complexity index is 456. The first-order chi connectivity index (χ1) is 8.61. The van der Waals surface area contributed by atoms with E-state index in [1.807, 2.05) is 0 Å². The summed E-state index contributed by atoms with van der Waals surface area (Å²) in [6, 6.07) is 4.58. The Morgan fingerprint density at radius 2 is 2.11 bits per heavy atom. The van der Waals surface area contributed by atoms with Crippen LogP contribution in [0.2, 0.25) is 0 Å². The molecular weight excluding hydrogens is 346 g/mol. The smallest absolute Gasteiger partial charge is 0.124 e. The van der Waals surface area contributed by atoms with Crippen molar-refractivity contribution in [1.82, 2.24) is 4.90 Å². The van der Waals surface area contributed by atoms with E-state index in [2.05, 4.69) is 39.7 Å². The molecule has 1 N–H and O–H groups in total. The number of likely N-dealkylation sites (tertiary alicyclic amines) is 1. The number of rotatable bonds is 2. The predicted octanol–water partition coefficient (Wildman–Crippen LogP) is 2.95. The molecule has 1 aromatic rings. The van der Waals surface area contributed by atoms with E-state index in [4.69, 9.17) is 0 Å². The van der Waals surface area contributed by atoms with E-state index in [-0.39, 0.29) is 11.7 Å². The Labute approximate surface area is 120 Å². The molecule has 0 aromatic heterocycles. The highest BCUT2D eigenvalue weighted by Crippen LogP contribution is 2.25. The van der Waals surface area contributed by atoms with Crippen LogP contribution in [0.1, 0.15) is 18.4 Å². The van der Waals surface area contributed by atoms with E-state index in [0.29, 0.717) is 5.71 Å². The van der Waals surface area contributed by atoms with Gasteiger partial charge in [0, 0.05) is 15.1 Å². The Morgan fingerprint density at radius 3 is 2.67 bits per heavy atom. The largest absolute Gasteiger partial charge is 0.411 e. The average Bonchev–Trinajstić information content (AvgIpc) is 2.35. The number of nitrogens with zero attached hydrogens (tertiary/aromatic N) is 2. The van der Waals surface area contributed by atoms with Gasteiger partial charge in [0.15, 0.2) is 0 Å². The topological polar surface area (TPSA) is 35.8 Å². The van der Waals surface area contributed by atoms with Crippen molar-refractivity contribution < 1.29 is 9.60 Å². The Hall–Kier alpha value is -0.690. The third-order valence-electron chi connectivity index (χ3n) is 3.42. The normalized spacial score (nSPS) is 19.2. The molecule has 0 aliphatic carbocycles.